The summed E-state index contributed by atoms with van der Waals surface area (Å²) < 4.78 is 2.02. The summed E-state index contributed by atoms with van der Waals surface area (Å²) in [6.45, 7) is 8.29. The average molecular weight is 392 g/mol. The highest BCUT2D eigenvalue weighted by Gasteiger charge is 2.18. The van der Waals surface area contributed by atoms with Crippen LogP contribution in [0.5, 0.6) is 0 Å². The molecule has 0 aliphatic rings. The van der Waals surface area contributed by atoms with Crippen molar-refractivity contribution in [1.29, 1.82) is 0 Å². The fourth-order valence-corrected chi connectivity index (χ4v) is 3.86. The first kappa shape index (κ1) is 23.2. The number of nitrogens with zero attached hydrogens (tertiary/aromatic N) is 1. The van der Waals surface area contributed by atoms with E-state index < -0.39 is 5.97 Å². The molecule has 4 nitrogen and oxygen atoms in total. The van der Waals surface area contributed by atoms with Crippen molar-refractivity contribution in [3.05, 3.63) is 44.9 Å². The molecule has 27 heavy (non-hydrogen) atoms. The molecule has 0 saturated heterocycles. The molecule has 0 fully saturated rings. The van der Waals surface area contributed by atoms with Gasteiger partial charge in [-0.3, -0.25) is 9.59 Å². The van der Waals surface area contributed by atoms with Crippen LogP contribution in [0.1, 0.15) is 83.9 Å². The SMILES string of the molecule is CCCCCCCC(=O)O.CCc1cc(C)c(C(=O)c2ccc(C)s2)n1C. The first-order valence-corrected chi connectivity index (χ1v) is 10.6. The number of hydrogen-bond acceptors (Lipinski definition) is 3. The van der Waals surface area contributed by atoms with E-state index >= 15 is 0 Å². The molecule has 0 radical (unpaired) electrons. The second kappa shape index (κ2) is 11.8. The number of carboxylic acids is 1. The predicted octanol–water partition coefficient (Wildman–Crippen LogP) is 5.93. The predicted molar refractivity (Wildman–Crippen MR) is 113 cm³/mol. The average Bonchev–Trinajstić information content (AvgIpc) is 3.17. The van der Waals surface area contributed by atoms with E-state index in [1.807, 2.05) is 37.6 Å². The Bertz CT molecular complexity index is 743. The minimum absolute atomic E-state index is 0.141. The fraction of sp³-hybridized carbons (Fsp3) is 0.545. The van der Waals surface area contributed by atoms with E-state index in [1.54, 1.807) is 11.3 Å². The van der Waals surface area contributed by atoms with Crippen molar-refractivity contribution in [2.75, 3.05) is 0 Å². The van der Waals surface area contributed by atoms with Gasteiger partial charge in [0, 0.05) is 24.0 Å². The third-order valence-corrected chi connectivity index (χ3v) is 5.56. The molecule has 0 aliphatic heterocycles. The Hall–Kier alpha value is -1.88. The molecule has 0 amide bonds. The van der Waals surface area contributed by atoms with E-state index in [1.165, 1.54) is 29.8 Å². The highest BCUT2D eigenvalue weighted by Crippen LogP contribution is 2.23. The molecular weight excluding hydrogens is 358 g/mol. The number of aliphatic carboxylic acids is 1. The van der Waals surface area contributed by atoms with E-state index in [0.717, 1.165) is 35.4 Å². The zero-order valence-corrected chi connectivity index (χ0v) is 18.1. The Kier molecular flexibility index (Phi) is 10.1. The molecule has 1 N–H and O–H groups in total. The summed E-state index contributed by atoms with van der Waals surface area (Å²) in [5.74, 6) is -0.528. The molecule has 0 unspecified atom stereocenters. The number of carbonyl (C=O) groups excluding carboxylic acids is 1. The lowest BCUT2D eigenvalue weighted by atomic mass is 10.1. The van der Waals surface area contributed by atoms with Crippen molar-refractivity contribution in [3.8, 4) is 0 Å². The number of aromatic nitrogens is 1. The van der Waals surface area contributed by atoms with Crippen molar-refractivity contribution in [3.63, 3.8) is 0 Å². The normalized spacial score (nSPS) is 10.4. The fourth-order valence-electron chi connectivity index (χ4n) is 3.05. The molecule has 0 saturated carbocycles. The standard InChI is InChI=1S/C14H17NOS.C8H16O2/c1-5-11-8-9(2)13(15(11)4)14(16)12-7-6-10(3)17-12;1-2-3-4-5-6-7-8(9)10/h6-8H,5H2,1-4H3;2-7H2,1H3,(H,9,10). The van der Waals surface area contributed by atoms with Crippen LogP contribution in [0.3, 0.4) is 0 Å². The number of ketones is 1. The van der Waals surface area contributed by atoms with Crippen molar-refractivity contribution in [1.82, 2.24) is 4.57 Å². The van der Waals surface area contributed by atoms with Crippen LogP contribution in [0.15, 0.2) is 18.2 Å². The van der Waals surface area contributed by atoms with Crippen molar-refractivity contribution in [2.24, 2.45) is 7.05 Å². The van der Waals surface area contributed by atoms with Crippen LogP contribution in [0, 0.1) is 13.8 Å². The zero-order valence-electron chi connectivity index (χ0n) is 17.3. The van der Waals surface area contributed by atoms with Crippen LogP contribution in [0.4, 0.5) is 0 Å². The van der Waals surface area contributed by atoms with E-state index in [4.69, 9.17) is 5.11 Å². The van der Waals surface area contributed by atoms with Crippen LogP contribution >= 0.6 is 11.3 Å². The summed E-state index contributed by atoms with van der Waals surface area (Å²) in [6.07, 6.45) is 6.84. The minimum atomic E-state index is -0.670. The third-order valence-electron chi connectivity index (χ3n) is 4.56. The monoisotopic (exact) mass is 391 g/mol. The maximum absolute atomic E-state index is 12.4. The van der Waals surface area contributed by atoms with Gasteiger partial charge in [-0.15, -0.1) is 11.3 Å². The first-order chi connectivity index (χ1) is 12.8. The van der Waals surface area contributed by atoms with Crippen molar-refractivity contribution < 1.29 is 14.7 Å². The third kappa shape index (κ3) is 7.33. The Morgan fingerprint density at radius 1 is 1.07 bits per heavy atom. The highest BCUT2D eigenvalue weighted by molar-refractivity contribution is 7.14. The van der Waals surface area contributed by atoms with Gasteiger partial charge in [-0.1, -0.05) is 39.5 Å². The second-order valence-electron chi connectivity index (χ2n) is 6.88. The Balaban J connectivity index is 0.000000314. The van der Waals surface area contributed by atoms with Crippen LogP contribution < -0.4 is 0 Å². The van der Waals surface area contributed by atoms with Crippen LogP contribution in [-0.2, 0) is 18.3 Å². The number of aryl methyl sites for hydroxylation is 3. The topological polar surface area (TPSA) is 59.3 Å². The van der Waals surface area contributed by atoms with Gasteiger partial charge >= 0.3 is 5.97 Å². The zero-order chi connectivity index (χ0) is 20.4. The summed E-state index contributed by atoms with van der Waals surface area (Å²) in [5.41, 5.74) is 3.10. The van der Waals surface area contributed by atoms with Gasteiger partial charge in [-0.05, 0) is 50.5 Å². The maximum Gasteiger partial charge on any atom is 0.303 e. The maximum atomic E-state index is 12.4. The summed E-state index contributed by atoms with van der Waals surface area (Å²) in [4.78, 5) is 24.5. The molecule has 5 heteroatoms. The van der Waals surface area contributed by atoms with Gasteiger partial charge in [0.2, 0.25) is 5.78 Å². The highest BCUT2D eigenvalue weighted by atomic mass is 32.1. The van der Waals surface area contributed by atoms with Gasteiger partial charge in [0.1, 0.15) is 0 Å². The van der Waals surface area contributed by atoms with Gasteiger partial charge < -0.3 is 9.67 Å². The van der Waals surface area contributed by atoms with Gasteiger partial charge in [0.05, 0.1) is 10.6 Å². The van der Waals surface area contributed by atoms with Crippen LogP contribution in [0.25, 0.3) is 0 Å². The molecule has 2 heterocycles. The summed E-state index contributed by atoms with van der Waals surface area (Å²) >= 11 is 1.56. The molecule has 2 aromatic rings. The van der Waals surface area contributed by atoms with E-state index in [0.29, 0.717) is 6.42 Å². The van der Waals surface area contributed by atoms with Crippen molar-refractivity contribution in [2.45, 2.75) is 72.6 Å². The molecule has 150 valence electrons. The molecule has 2 aromatic heterocycles. The number of carbonyl (C=O) groups is 2. The van der Waals surface area contributed by atoms with E-state index in [9.17, 15) is 9.59 Å². The lowest BCUT2D eigenvalue weighted by molar-refractivity contribution is -0.137. The summed E-state index contributed by atoms with van der Waals surface area (Å²) in [5, 5.41) is 8.27. The van der Waals surface area contributed by atoms with E-state index in [-0.39, 0.29) is 5.78 Å². The number of rotatable bonds is 9. The molecule has 0 atom stereocenters. The molecule has 2 rings (SSSR count). The van der Waals surface area contributed by atoms with Crippen LogP contribution in [0.2, 0.25) is 0 Å². The number of carboxylic acid groups (broad SMARTS) is 1. The second-order valence-corrected chi connectivity index (χ2v) is 8.17. The van der Waals surface area contributed by atoms with Gasteiger partial charge in [0.25, 0.3) is 0 Å². The molecule has 0 aromatic carbocycles. The molecule has 0 bridgehead atoms. The molecule has 0 spiro atoms. The first-order valence-electron chi connectivity index (χ1n) is 9.79. The summed E-state index contributed by atoms with van der Waals surface area (Å²) in [7, 11) is 1.97. The Labute approximate surface area is 167 Å². The largest absolute Gasteiger partial charge is 0.481 e. The summed E-state index contributed by atoms with van der Waals surface area (Å²) in [6, 6.07) is 6.02. The Morgan fingerprint density at radius 3 is 2.22 bits per heavy atom. The van der Waals surface area contributed by atoms with Gasteiger partial charge in [0.15, 0.2) is 0 Å². The lowest BCUT2D eigenvalue weighted by Crippen LogP contribution is -2.08. The number of unbranched alkanes of at least 4 members (excludes halogenated alkanes) is 4. The quantitative estimate of drug-likeness (QED) is 0.426. The van der Waals surface area contributed by atoms with Crippen LogP contribution in [-0.4, -0.2) is 21.4 Å². The van der Waals surface area contributed by atoms with Gasteiger partial charge in [-0.2, -0.15) is 0 Å². The lowest BCUT2D eigenvalue weighted by Gasteiger charge is -2.05. The van der Waals surface area contributed by atoms with Crippen molar-refractivity contribution >= 4 is 23.1 Å². The molecular formula is C22H33NO3S. The van der Waals surface area contributed by atoms with E-state index in [2.05, 4.69) is 19.9 Å². The number of hydrogen-bond donors (Lipinski definition) is 1. The molecule has 0 aliphatic carbocycles. The smallest absolute Gasteiger partial charge is 0.303 e. The minimum Gasteiger partial charge on any atom is -0.481 e. The Morgan fingerprint density at radius 2 is 1.74 bits per heavy atom. The van der Waals surface area contributed by atoms with Gasteiger partial charge in [-0.25, -0.2) is 0 Å². The number of thiophene rings is 1.